The van der Waals surface area contributed by atoms with Crippen LogP contribution < -0.4 is 5.73 Å². The second-order valence-electron chi connectivity index (χ2n) is 3.85. The van der Waals surface area contributed by atoms with E-state index in [1.807, 2.05) is 36.4 Å². The summed E-state index contributed by atoms with van der Waals surface area (Å²) >= 11 is 11.2. The topological polar surface area (TPSA) is 52.0 Å². The second kappa shape index (κ2) is 5.00. The number of aromatic nitrogens is 1. The molecule has 2 aromatic heterocycles. The molecule has 96 valence electrons. The number of thiophene rings is 1. The van der Waals surface area contributed by atoms with E-state index in [2.05, 4.69) is 21.1 Å². The molecule has 0 aliphatic carbocycles. The average Bonchev–Trinajstić information content (AvgIpc) is 2.96. The molecule has 2 heterocycles. The number of benzene rings is 1. The Labute approximate surface area is 127 Å². The molecular formula is C13H8BrClN2OS. The summed E-state index contributed by atoms with van der Waals surface area (Å²) in [4.78, 5) is 0.974. The SMILES string of the molecule is Nc1onc(-c2ccc(Br)s2)c1-c1ccccc1Cl. The molecule has 0 amide bonds. The molecular weight excluding hydrogens is 348 g/mol. The van der Waals surface area contributed by atoms with Gasteiger partial charge in [-0.1, -0.05) is 35.0 Å². The van der Waals surface area contributed by atoms with Gasteiger partial charge in [0, 0.05) is 10.6 Å². The summed E-state index contributed by atoms with van der Waals surface area (Å²) in [6, 6.07) is 11.4. The summed E-state index contributed by atoms with van der Waals surface area (Å²) in [6.45, 7) is 0. The zero-order valence-corrected chi connectivity index (χ0v) is 12.7. The van der Waals surface area contributed by atoms with Crippen LogP contribution in [0.25, 0.3) is 21.7 Å². The molecule has 1 aromatic carbocycles. The van der Waals surface area contributed by atoms with E-state index >= 15 is 0 Å². The minimum atomic E-state index is 0.271. The fourth-order valence-electron chi connectivity index (χ4n) is 1.84. The molecule has 2 N–H and O–H groups in total. The van der Waals surface area contributed by atoms with Crippen LogP contribution in [0.15, 0.2) is 44.7 Å². The van der Waals surface area contributed by atoms with Crippen molar-refractivity contribution in [2.24, 2.45) is 0 Å². The van der Waals surface area contributed by atoms with Gasteiger partial charge in [-0.2, -0.15) is 0 Å². The molecule has 0 spiro atoms. The van der Waals surface area contributed by atoms with Crippen molar-refractivity contribution in [3.8, 4) is 21.7 Å². The van der Waals surface area contributed by atoms with Crippen LogP contribution in [0.3, 0.4) is 0 Å². The maximum Gasteiger partial charge on any atom is 0.230 e. The minimum absolute atomic E-state index is 0.271. The van der Waals surface area contributed by atoms with E-state index in [1.54, 1.807) is 11.3 Å². The first kappa shape index (κ1) is 12.7. The maximum atomic E-state index is 6.22. The van der Waals surface area contributed by atoms with Crippen molar-refractivity contribution < 1.29 is 4.52 Å². The van der Waals surface area contributed by atoms with Crippen molar-refractivity contribution in [1.29, 1.82) is 0 Å². The van der Waals surface area contributed by atoms with Crippen LogP contribution in [0, 0.1) is 0 Å². The van der Waals surface area contributed by atoms with Gasteiger partial charge in [0.25, 0.3) is 0 Å². The first-order chi connectivity index (χ1) is 9.16. The molecule has 6 heteroatoms. The summed E-state index contributed by atoms with van der Waals surface area (Å²) < 4.78 is 6.15. The predicted molar refractivity (Wildman–Crippen MR) is 82.4 cm³/mol. The van der Waals surface area contributed by atoms with Crippen LogP contribution in [0.4, 0.5) is 5.88 Å². The van der Waals surface area contributed by atoms with Gasteiger partial charge >= 0.3 is 0 Å². The van der Waals surface area contributed by atoms with Gasteiger partial charge in [0.1, 0.15) is 5.69 Å². The molecule has 19 heavy (non-hydrogen) atoms. The molecule has 3 rings (SSSR count). The molecule has 3 nitrogen and oxygen atoms in total. The quantitative estimate of drug-likeness (QED) is 0.698. The number of nitrogens with zero attached hydrogens (tertiary/aromatic N) is 1. The van der Waals surface area contributed by atoms with E-state index in [9.17, 15) is 0 Å². The Morgan fingerprint density at radius 2 is 2.00 bits per heavy atom. The fourth-order valence-corrected chi connectivity index (χ4v) is 3.44. The Bertz CT molecular complexity index is 738. The Morgan fingerprint density at radius 1 is 1.21 bits per heavy atom. The normalized spacial score (nSPS) is 10.8. The third-order valence-corrected chi connectivity index (χ3v) is 4.63. The van der Waals surface area contributed by atoms with E-state index < -0.39 is 0 Å². The zero-order valence-electron chi connectivity index (χ0n) is 9.56. The summed E-state index contributed by atoms with van der Waals surface area (Å²) in [7, 11) is 0. The van der Waals surface area contributed by atoms with Gasteiger partial charge in [-0.15, -0.1) is 11.3 Å². The largest absolute Gasteiger partial charge is 0.367 e. The monoisotopic (exact) mass is 354 g/mol. The van der Waals surface area contributed by atoms with Crippen molar-refractivity contribution in [1.82, 2.24) is 5.16 Å². The highest BCUT2D eigenvalue weighted by Gasteiger charge is 2.20. The molecule has 0 aliphatic rings. The van der Waals surface area contributed by atoms with Crippen molar-refractivity contribution in [3.05, 3.63) is 45.2 Å². The molecule has 0 fully saturated rings. The zero-order chi connectivity index (χ0) is 13.4. The minimum Gasteiger partial charge on any atom is -0.367 e. The molecule has 0 unspecified atom stereocenters. The number of anilines is 1. The highest BCUT2D eigenvalue weighted by Crippen LogP contribution is 2.42. The summed E-state index contributed by atoms with van der Waals surface area (Å²) in [5.74, 6) is 0.271. The van der Waals surface area contributed by atoms with E-state index in [-0.39, 0.29) is 5.88 Å². The van der Waals surface area contributed by atoms with Gasteiger partial charge in [-0.25, -0.2) is 0 Å². The first-order valence-corrected chi connectivity index (χ1v) is 7.41. The number of rotatable bonds is 2. The van der Waals surface area contributed by atoms with Gasteiger partial charge in [-0.05, 0) is 34.1 Å². The van der Waals surface area contributed by atoms with E-state index in [4.69, 9.17) is 21.9 Å². The average molecular weight is 356 g/mol. The highest BCUT2D eigenvalue weighted by molar-refractivity contribution is 9.11. The second-order valence-corrected chi connectivity index (χ2v) is 6.72. The Morgan fingerprint density at radius 3 is 2.68 bits per heavy atom. The van der Waals surface area contributed by atoms with Crippen LogP contribution in [0.1, 0.15) is 0 Å². The Hall–Kier alpha value is -1.30. The lowest BCUT2D eigenvalue weighted by atomic mass is 10.0. The molecule has 3 aromatic rings. The maximum absolute atomic E-state index is 6.22. The van der Waals surface area contributed by atoms with E-state index in [0.717, 1.165) is 19.8 Å². The van der Waals surface area contributed by atoms with Gasteiger partial charge in [-0.3, -0.25) is 0 Å². The third kappa shape index (κ3) is 2.29. The van der Waals surface area contributed by atoms with Gasteiger partial charge in [0.15, 0.2) is 0 Å². The fraction of sp³-hybridized carbons (Fsp3) is 0. The lowest BCUT2D eigenvalue weighted by Gasteiger charge is -2.03. The molecule has 0 aliphatic heterocycles. The van der Waals surface area contributed by atoms with Gasteiger partial charge in [0.05, 0.1) is 14.2 Å². The van der Waals surface area contributed by atoms with Gasteiger partial charge in [0.2, 0.25) is 5.88 Å². The number of halogens is 2. The predicted octanol–water partition coefficient (Wildman–Crippen LogP) is 5.07. The number of nitrogen functional groups attached to an aromatic ring is 1. The smallest absolute Gasteiger partial charge is 0.230 e. The number of hydrogen-bond acceptors (Lipinski definition) is 4. The van der Waals surface area contributed by atoms with Crippen molar-refractivity contribution in [2.45, 2.75) is 0 Å². The van der Waals surface area contributed by atoms with Crippen molar-refractivity contribution in [2.75, 3.05) is 5.73 Å². The van der Waals surface area contributed by atoms with Crippen LogP contribution in [-0.2, 0) is 0 Å². The van der Waals surface area contributed by atoms with Crippen molar-refractivity contribution in [3.63, 3.8) is 0 Å². The van der Waals surface area contributed by atoms with Crippen LogP contribution in [-0.4, -0.2) is 5.16 Å². The summed E-state index contributed by atoms with van der Waals surface area (Å²) in [6.07, 6.45) is 0. The van der Waals surface area contributed by atoms with Crippen LogP contribution in [0.2, 0.25) is 5.02 Å². The van der Waals surface area contributed by atoms with Crippen molar-refractivity contribution >= 4 is 44.8 Å². The lowest BCUT2D eigenvalue weighted by molar-refractivity contribution is 0.439. The highest BCUT2D eigenvalue weighted by atomic mass is 79.9. The summed E-state index contributed by atoms with van der Waals surface area (Å²) in [5.41, 5.74) is 8.16. The molecule has 0 saturated heterocycles. The molecule has 0 saturated carbocycles. The molecule has 0 radical (unpaired) electrons. The van der Waals surface area contributed by atoms with E-state index in [0.29, 0.717) is 10.7 Å². The lowest BCUT2D eigenvalue weighted by Crippen LogP contribution is -1.87. The van der Waals surface area contributed by atoms with Crippen LogP contribution >= 0.6 is 38.9 Å². The standard InChI is InChI=1S/C13H8BrClN2OS/c14-10-6-5-9(19-10)12-11(13(16)18-17-12)7-3-1-2-4-8(7)15/h1-6H,16H2. The molecule has 0 bridgehead atoms. The van der Waals surface area contributed by atoms with Gasteiger partial charge < -0.3 is 10.3 Å². The number of nitrogens with two attached hydrogens (primary N) is 1. The van der Waals surface area contributed by atoms with Crippen LogP contribution in [0.5, 0.6) is 0 Å². The number of hydrogen-bond donors (Lipinski definition) is 1. The Balaban J connectivity index is 2.22. The summed E-state index contributed by atoms with van der Waals surface area (Å²) in [5, 5.41) is 4.67. The molecule has 0 atom stereocenters. The van der Waals surface area contributed by atoms with E-state index in [1.165, 1.54) is 0 Å². The Kier molecular flexibility index (Phi) is 3.35. The first-order valence-electron chi connectivity index (χ1n) is 5.42. The third-order valence-electron chi connectivity index (χ3n) is 2.67.